The number of non-ortho nitro benzene ring substituents is 1. The van der Waals surface area contributed by atoms with Crippen LogP contribution >= 0.6 is 15.9 Å². The lowest BCUT2D eigenvalue weighted by Crippen LogP contribution is -1.99. The first-order chi connectivity index (χ1) is 9.60. The molecule has 0 aliphatic rings. The summed E-state index contributed by atoms with van der Waals surface area (Å²) in [5, 5.41) is 13.6. The number of hydrogen-bond donors (Lipinski definition) is 1. The van der Waals surface area contributed by atoms with Gasteiger partial charge in [-0.3, -0.25) is 10.1 Å². The highest BCUT2D eigenvalue weighted by atomic mass is 79.9. The number of anilines is 1. The van der Waals surface area contributed by atoms with E-state index in [9.17, 15) is 10.1 Å². The molecule has 1 aromatic heterocycles. The minimum atomic E-state index is -0.456. The molecule has 20 heavy (non-hydrogen) atoms. The van der Waals surface area contributed by atoms with Crippen molar-refractivity contribution in [2.24, 2.45) is 0 Å². The molecule has 0 aliphatic carbocycles. The SMILES string of the molecule is CNc1ccc(COc2cc([N+](=O)[O-])ccc2Br)cn1. The first kappa shape index (κ1) is 14.3. The van der Waals surface area contributed by atoms with Gasteiger partial charge in [0.15, 0.2) is 0 Å². The molecule has 2 aromatic rings. The number of nitrogens with zero attached hydrogens (tertiary/aromatic N) is 2. The van der Waals surface area contributed by atoms with Crippen molar-refractivity contribution in [3.8, 4) is 5.75 Å². The maximum absolute atomic E-state index is 10.7. The number of nitrogens with one attached hydrogen (secondary N) is 1. The lowest BCUT2D eigenvalue weighted by Gasteiger charge is -2.08. The molecule has 0 saturated carbocycles. The number of halogens is 1. The predicted molar refractivity (Wildman–Crippen MR) is 78.9 cm³/mol. The summed E-state index contributed by atoms with van der Waals surface area (Å²) in [6, 6.07) is 8.11. The van der Waals surface area contributed by atoms with E-state index in [0.29, 0.717) is 10.2 Å². The van der Waals surface area contributed by atoms with Gasteiger partial charge in [0, 0.05) is 24.9 Å². The van der Waals surface area contributed by atoms with Gasteiger partial charge >= 0.3 is 0 Å². The van der Waals surface area contributed by atoms with Crippen LogP contribution in [0.15, 0.2) is 41.0 Å². The highest BCUT2D eigenvalue weighted by Gasteiger charge is 2.10. The number of nitro groups is 1. The van der Waals surface area contributed by atoms with Crippen molar-refractivity contribution in [2.75, 3.05) is 12.4 Å². The number of ether oxygens (including phenoxy) is 1. The van der Waals surface area contributed by atoms with Crippen LogP contribution in [0.2, 0.25) is 0 Å². The zero-order valence-corrected chi connectivity index (χ0v) is 12.3. The van der Waals surface area contributed by atoms with Gasteiger partial charge in [-0.2, -0.15) is 0 Å². The highest BCUT2D eigenvalue weighted by molar-refractivity contribution is 9.10. The van der Waals surface area contributed by atoms with Gasteiger partial charge in [0.2, 0.25) is 0 Å². The van der Waals surface area contributed by atoms with Gasteiger partial charge in [0.1, 0.15) is 18.2 Å². The molecule has 0 bridgehead atoms. The number of benzene rings is 1. The largest absolute Gasteiger partial charge is 0.487 e. The molecule has 0 unspecified atom stereocenters. The number of aromatic nitrogens is 1. The van der Waals surface area contributed by atoms with Crippen LogP contribution < -0.4 is 10.1 Å². The van der Waals surface area contributed by atoms with Gasteiger partial charge < -0.3 is 10.1 Å². The Labute approximate surface area is 124 Å². The van der Waals surface area contributed by atoms with E-state index in [4.69, 9.17) is 4.74 Å². The number of rotatable bonds is 5. The second-order valence-electron chi connectivity index (χ2n) is 3.96. The molecular formula is C13H12BrN3O3. The van der Waals surface area contributed by atoms with Crippen LogP contribution in [0.25, 0.3) is 0 Å². The van der Waals surface area contributed by atoms with Gasteiger partial charge in [0.05, 0.1) is 15.5 Å². The summed E-state index contributed by atoms with van der Waals surface area (Å²) in [6.07, 6.45) is 1.69. The molecule has 2 rings (SSSR count). The number of pyridine rings is 1. The average Bonchev–Trinajstić information content (AvgIpc) is 2.46. The molecule has 7 heteroatoms. The van der Waals surface area contributed by atoms with Crippen molar-refractivity contribution in [1.29, 1.82) is 0 Å². The summed E-state index contributed by atoms with van der Waals surface area (Å²) in [6.45, 7) is 0.288. The molecule has 1 N–H and O–H groups in total. The first-order valence-electron chi connectivity index (χ1n) is 5.79. The number of hydrogen-bond acceptors (Lipinski definition) is 5. The van der Waals surface area contributed by atoms with Crippen LogP contribution in [-0.2, 0) is 6.61 Å². The Kier molecular flexibility index (Phi) is 4.52. The van der Waals surface area contributed by atoms with E-state index in [-0.39, 0.29) is 12.3 Å². The zero-order valence-electron chi connectivity index (χ0n) is 10.7. The topological polar surface area (TPSA) is 77.3 Å². The van der Waals surface area contributed by atoms with E-state index in [0.717, 1.165) is 11.4 Å². The Bertz CT molecular complexity index is 617. The van der Waals surface area contributed by atoms with E-state index in [1.165, 1.54) is 12.1 Å². The minimum Gasteiger partial charge on any atom is -0.487 e. The standard InChI is InChI=1S/C13H12BrN3O3/c1-15-13-5-2-9(7-16-13)8-20-12-6-10(17(18)19)3-4-11(12)14/h2-7H,8H2,1H3,(H,15,16). The van der Waals surface area contributed by atoms with Crippen LogP contribution in [0.4, 0.5) is 11.5 Å². The maximum Gasteiger partial charge on any atom is 0.273 e. The van der Waals surface area contributed by atoms with Gasteiger partial charge in [0.25, 0.3) is 5.69 Å². The molecule has 0 amide bonds. The third kappa shape index (κ3) is 3.45. The van der Waals surface area contributed by atoms with Gasteiger partial charge in [-0.25, -0.2) is 4.98 Å². The molecular weight excluding hydrogens is 326 g/mol. The fourth-order valence-electron chi connectivity index (χ4n) is 1.54. The summed E-state index contributed by atoms with van der Waals surface area (Å²) >= 11 is 3.30. The van der Waals surface area contributed by atoms with Crippen LogP contribution in [0.5, 0.6) is 5.75 Å². The number of nitro benzene ring substituents is 1. The second-order valence-corrected chi connectivity index (χ2v) is 4.82. The fraction of sp³-hybridized carbons (Fsp3) is 0.154. The first-order valence-corrected chi connectivity index (χ1v) is 6.59. The van der Waals surface area contributed by atoms with Gasteiger partial charge in [-0.05, 0) is 28.1 Å². The van der Waals surface area contributed by atoms with E-state index in [2.05, 4.69) is 26.2 Å². The second kappa shape index (κ2) is 6.33. The van der Waals surface area contributed by atoms with Crippen molar-refractivity contribution in [3.63, 3.8) is 0 Å². The maximum atomic E-state index is 10.7. The smallest absolute Gasteiger partial charge is 0.273 e. The zero-order chi connectivity index (χ0) is 14.5. The van der Waals surface area contributed by atoms with Crippen molar-refractivity contribution in [3.05, 3.63) is 56.7 Å². The minimum absolute atomic E-state index is 0.00754. The highest BCUT2D eigenvalue weighted by Crippen LogP contribution is 2.29. The van der Waals surface area contributed by atoms with E-state index in [1.54, 1.807) is 19.3 Å². The van der Waals surface area contributed by atoms with Crippen molar-refractivity contribution in [2.45, 2.75) is 6.61 Å². The van der Waals surface area contributed by atoms with E-state index >= 15 is 0 Å². The van der Waals surface area contributed by atoms with Crippen LogP contribution in [-0.4, -0.2) is 17.0 Å². The fourth-order valence-corrected chi connectivity index (χ4v) is 1.90. The quantitative estimate of drug-likeness (QED) is 0.668. The molecule has 0 radical (unpaired) electrons. The third-order valence-electron chi connectivity index (χ3n) is 2.60. The van der Waals surface area contributed by atoms with Crippen molar-refractivity contribution in [1.82, 2.24) is 4.98 Å². The van der Waals surface area contributed by atoms with Crippen molar-refractivity contribution >= 4 is 27.4 Å². The van der Waals surface area contributed by atoms with Gasteiger partial charge in [-0.1, -0.05) is 6.07 Å². The van der Waals surface area contributed by atoms with Crippen molar-refractivity contribution < 1.29 is 9.66 Å². The Morgan fingerprint density at radius 3 is 2.80 bits per heavy atom. The van der Waals surface area contributed by atoms with Crippen LogP contribution in [0.3, 0.4) is 0 Å². The molecule has 104 valence electrons. The molecule has 1 aromatic carbocycles. The normalized spacial score (nSPS) is 10.1. The van der Waals surface area contributed by atoms with Gasteiger partial charge in [-0.15, -0.1) is 0 Å². The Morgan fingerprint density at radius 2 is 2.20 bits per heavy atom. The van der Waals surface area contributed by atoms with Crippen LogP contribution in [0, 0.1) is 10.1 Å². The molecule has 1 heterocycles. The molecule has 6 nitrogen and oxygen atoms in total. The lowest BCUT2D eigenvalue weighted by molar-refractivity contribution is -0.385. The Morgan fingerprint density at radius 1 is 1.40 bits per heavy atom. The monoisotopic (exact) mass is 337 g/mol. The van der Waals surface area contributed by atoms with E-state index in [1.807, 2.05) is 12.1 Å². The molecule has 0 spiro atoms. The summed E-state index contributed by atoms with van der Waals surface area (Å²) in [7, 11) is 1.79. The summed E-state index contributed by atoms with van der Waals surface area (Å²) in [5.74, 6) is 1.20. The molecule has 0 atom stereocenters. The Balaban J connectivity index is 2.09. The summed E-state index contributed by atoms with van der Waals surface area (Å²) < 4.78 is 6.24. The summed E-state index contributed by atoms with van der Waals surface area (Å²) in [5.41, 5.74) is 0.870. The third-order valence-corrected chi connectivity index (χ3v) is 3.26. The lowest BCUT2D eigenvalue weighted by atomic mass is 10.3. The van der Waals surface area contributed by atoms with Crippen LogP contribution in [0.1, 0.15) is 5.56 Å². The molecule has 0 aliphatic heterocycles. The summed E-state index contributed by atoms with van der Waals surface area (Å²) in [4.78, 5) is 14.4. The Hall–Kier alpha value is -2.15. The predicted octanol–water partition coefficient (Wildman–Crippen LogP) is 3.37. The molecule has 0 saturated heterocycles. The molecule has 0 fully saturated rings. The average molecular weight is 338 g/mol. The van der Waals surface area contributed by atoms with E-state index < -0.39 is 4.92 Å².